The zero-order valence-corrected chi connectivity index (χ0v) is 16.5. The van der Waals surface area contributed by atoms with Crippen molar-refractivity contribution in [1.82, 2.24) is 29.4 Å². The van der Waals surface area contributed by atoms with Crippen LogP contribution in [0.5, 0.6) is 0 Å². The fourth-order valence-corrected chi connectivity index (χ4v) is 3.01. The molecule has 0 aromatic rings. The van der Waals surface area contributed by atoms with Gasteiger partial charge in [0.1, 0.15) is 0 Å². The summed E-state index contributed by atoms with van der Waals surface area (Å²) >= 11 is 0. The van der Waals surface area contributed by atoms with Crippen LogP contribution in [0.25, 0.3) is 0 Å². The second-order valence-corrected chi connectivity index (χ2v) is 7.61. The number of rotatable bonds is 0. The van der Waals surface area contributed by atoms with Crippen LogP contribution in [-0.4, -0.2) is 131 Å². The predicted molar refractivity (Wildman–Crippen MR) is 140 cm³/mol. The van der Waals surface area contributed by atoms with Crippen molar-refractivity contribution in [3.8, 4) is 0 Å². The van der Waals surface area contributed by atoms with Gasteiger partial charge in [-0.05, 0) is 68.2 Å². The summed E-state index contributed by atoms with van der Waals surface area (Å²) in [5.74, 6) is 0. The molecule has 6 nitrogen and oxygen atoms in total. The molecule has 3 fully saturated rings. The summed E-state index contributed by atoms with van der Waals surface area (Å²) in [5.41, 5.74) is 0. The third-order valence-electron chi connectivity index (χ3n) is 4.51. The highest BCUT2D eigenvalue weighted by Gasteiger charge is 2.13. The molecular weight excluding hydrogens is 360 g/mol. The summed E-state index contributed by atoms with van der Waals surface area (Å²) in [6.07, 6.45) is 2.72. The van der Waals surface area contributed by atoms with Crippen molar-refractivity contribution in [2.45, 2.75) is 57.4 Å². The normalized spacial score (nSPS) is 20.9. The van der Waals surface area contributed by atoms with Gasteiger partial charge >= 0.3 is 0 Å². The first-order valence-electron chi connectivity index (χ1n) is 8.98. The Labute approximate surface area is 188 Å². The molecule has 0 aromatic carbocycles. The first kappa shape index (κ1) is 42.8. The van der Waals surface area contributed by atoms with Crippen LogP contribution in [-0.2, 0) is 0 Å². The van der Waals surface area contributed by atoms with E-state index >= 15 is 0 Å². The van der Waals surface area contributed by atoms with E-state index in [2.05, 4.69) is 71.7 Å². The molecule has 0 amide bonds. The van der Waals surface area contributed by atoms with Crippen LogP contribution >= 0.6 is 0 Å². The first-order valence-corrected chi connectivity index (χ1v) is 8.98. The monoisotopic (exact) mass is 425 g/mol. The van der Waals surface area contributed by atoms with Gasteiger partial charge in [-0.2, -0.15) is 0 Å². The van der Waals surface area contributed by atoms with E-state index in [-0.39, 0.29) is 44.6 Å². The Morgan fingerprint density at radius 3 is 0.759 bits per heavy atom. The lowest BCUT2D eigenvalue weighted by Gasteiger charge is -2.36. The minimum absolute atomic E-state index is 0. The average Bonchev–Trinajstić information content (AvgIpc) is 2.65. The van der Waals surface area contributed by atoms with E-state index in [4.69, 9.17) is 0 Å². The molecule has 0 bridgehead atoms. The lowest BCUT2D eigenvalue weighted by atomic mass is 10.3. The van der Waals surface area contributed by atoms with Gasteiger partial charge in [0.15, 0.2) is 0 Å². The van der Waals surface area contributed by atoms with Gasteiger partial charge in [0.2, 0.25) is 0 Å². The number of hydrogen-bond donors (Lipinski definition) is 0. The van der Waals surface area contributed by atoms with Gasteiger partial charge in [-0.3, -0.25) is 19.6 Å². The standard InChI is InChI=1S/C7H16N2.C6H14N2.C4H10N2.6CH4/c1-8-5-3-4-6-9(2)7-8;1-7-3-5-8(2)6-4-7;1-5-3-6(2)4-5;;;;;;/h3-7H2,1-2H3;3-6H2,1-2H3;3-4H2,1-2H3;6*1H4. The quantitative estimate of drug-likeness (QED) is 0.580. The van der Waals surface area contributed by atoms with Gasteiger partial charge in [0.25, 0.3) is 0 Å². The molecule has 0 N–H and O–H groups in total. The summed E-state index contributed by atoms with van der Waals surface area (Å²) in [7, 11) is 12.9. The largest absolute Gasteiger partial charge is 0.304 e. The van der Waals surface area contributed by atoms with Crippen LogP contribution in [0.2, 0.25) is 0 Å². The SMILES string of the molecule is C.C.C.C.C.C.CN1CCCCN(C)C1.CN1CCN(C)CC1.CN1CN(C)C1. The van der Waals surface area contributed by atoms with Gasteiger partial charge in [0.05, 0.1) is 20.0 Å². The molecule has 29 heavy (non-hydrogen) atoms. The van der Waals surface area contributed by atoms with Gasteiger partial charge in [-0.1, -0.05) is 44.6 Å². The van der Waals surface area contributed by atoms with Crippen molar-refractivity contribution in [2.24, 2.45) is 0 Å². The molecular formula is C23H64N6. The Kier molecular flexibility index (Phi) is 35.5. The summed E-state index contributed by atoms with van der Waals surface area (Å²) in [6, 6.07) is 0. The van der Waals surface area contributed by atoms with Gasteiger partial charge in [0, 0.05) is 26.2 Å². The molecule has 186 valence electrons. The Morgan fingerprint density at radius 1 is 0.310 bits per heavy atom. The lowest BCUT2D eigenvalue weighted by molar-refractivity contribution is 0.0149. The Balaban J connectivity index is -0.0000000628. The highest BCUT2D eigenvalue weighted by atomic mass is 15.5. The van der Waals surface area contributed by atoms with Crippen molar-refractivity contribution < 1.29 is 0 Å². The van der Waals surface area contributed by atoms with Crippen LogP contribution in [0, 0.1) is 0 Å². The van der Waals surface area contributed by atoms with E-state index in [1.54, 1.807) is 0 Å². The zero-order valence-electron chi connectivity index (χ0n) is 16.5. The third-order valence-corrected chi connectivity index (χ3v) is 4.51. The van der Waals surface area contributed by atoms with Crippen LogP contribution in [0.1, 0.15) is 57.4 Å². The topological polar surface area (TPSA) is 19.4 Å². The highest BCUT2D eigenvalue weighted by Crippen LogP contribution is 2.01. The van der Waals surface area contributed by atoms with Crippen LogP contribution in [0.3, 0.4) is 0 Å². The molecule has 3 aliphatic rings. The zero-order chi connectivity index (χ0) is 17.2. The van der Waals surface area contributed by atoms with Gasteiger partial charge in [-0.15, -0.1) is 0 Å². The van der Waals surface area contributed by atoms with Crippen molar-refractivity contribution in [3.63, 3.8) is 0 Å². The van der Waals surface area contributed by atoms with Crippen LogP contribution in [0.4, 0.5) is 0 Å². The van der Waals surface area contributed by atoms with Crippen molar-refractivity contribution in [3.05, 3.63) is 0 Å². The maximum atomic E-state index is 2.37. The van der Waals surface area contributed by atoms with Gasteiger partial charge < -0.3 is 9.80 Å². The second kappa shape index (κ2) is 24.0. The van der Waals surface area contributed by atoms with E-state index in [0.717, 1.165) is 20.0 Å². The minimum atomic E-state index is 0. The Bertz CT molecular complexity index is 263. The summed E-state index contributed by atoms with van der Waals surface area (Å²) in [6.45, 7) is 10.9. The van der Waals surface area contributed by atoms with E-state index in [1.165, 1.54) is 52.1 Å². The van der Waals surface area contributed by atoms with Crippen molar-refractivity contribution in [2.75, 3.05) is 102 Å². The maximum Gasteiger partial charge on any atom is 0.0523 e. The van der Waals surface area contributed by atoms with Gasteiger partial charge in [-0.25, -0.2) is 0 Å². The number of likely N-dealkylation sites (N-methyl/N-ethyl adjacent to an activating group) is 2. The molecule has 3 saturated heterocycles. The van der Waals surface area contributed by atoms with E-state index in [1.807, 2.05) is 0 Å². The molecule has 3 rings (SSSR count). The number of hydrogen-bond acceptors (Lipinski definition) is 6. The number of piperazine rings is 1. The average molecular weight is 425 g/mol. The molecule has 0 aliphatic carbocycles. The van der Waals surface area contributed by atoms with Crippen LogP contribution < -0.4 is 0 Å². The molecule has 0 aromatic heterocycles. The minimum Gasteiger partial charge on any atom is -0.304 e. The molecule has 0 spiro atoms. The lowest BCUT2D eigenvalue weighted by Crippen LogP contribution is -2.50. The summed E-state index contributed by atoms with van der Waals surface area (Å²) in [4.78, 5) is 14.0. The highest BCUT2D eigenvalue weighted by molar-refractivity contribution is 4.64. The first-order chi connectivity index (χ1) is 10.9. The van der Waals surface area contributed by atoms with E-state index in [9.17, 15) is 0 Å². The molecule has 0 unspecified atom stereocenters. The molecule has 0 radical (unpaired) electrons. The molecule has 3 heterocycles. The Hall–Kier alpha value is -0.240. The fourth-order valence-electron chi connectivity index (χ4n) is 3.01. The Morgan fingerprint density at radius 2 is 0.552 bits per heavy atom. The molecule has 6 heteroatoms. The smallest absolute Gasteiger partial charge is 0.0523 e. The van der Waals surface area contributed by atoms with Crippen LogP contribution in [0.15, 0.2) is 0 Å². The maximum absolute atomic E-state index is 2.37. The fraction of sp³-hybridized carbons (Fsp3) is 1.00. The molecule has 0 atom stereocenters. The predicted octanol–water partition coefficient (Wildman–Crippen LogP) is 4.06. The second-order valence-electron chi connectivity index (χ2n) is 7.61. The number of nitrogens with zero attached hydrogens (tertiary/aromatic N) is 6. The van der Waals surface area contributed by atoms with E-state index in [0.29, 0.717) is 0 Å². The summed E-state index contributed by atoms with van der Waals surface area (Å²) in [5, 5.41) is 0. The van der Waals surface area contributed by atoms with Crippen molar-refractivity contribution >= 4 is 0 Å². The third kappa shape index (κ3) is 22.3. The molecule has 0 saturated carbocycles. The summed E-state index contributed by atoms with van der Waals surface area (Å²) < 4.78 is 0. The van der Waals surface area contributed by atoms with Crippen molar-refractivity contribution in [1.29, 1.82) is 0 Å². The molecule has 3 aliphatic heterocycles. The van der Waals surface area contributed by atoms with E-state index < -0.39 is 0 Å².